The fourth-order valence-electron chi connectivity index (χ4n) is 1.30. The third-order valence-electron chi connectivity index (χ3n) is 1.76. The molecule has 1 aliphatic rings. The first kappa shape index (κ1) is 7.61. The lowest BCUT2D eigenvalue weighted by atomic mass is 10.00. The fourth-order valence-corrected chi connectivity index (χ4v) is 1.30. The Hall–Kier alpha value is -0.500. The molecule has 0 radical (unpaired) electrons. The van der Waals surface area contributed by atoms with Crippen LogP contribution in [0.1, 0.15) is 20.3 Å². The first-order valence-electron chi connectivity index (χ1n) is 3.77. The van der Waals surface area contributed by atoms with Crippen LogP contribution in [0.2, 0.25) is 0 Å². The Labute approximate surface area is 62.7 Å². The molecule has 1 aliphatic heterocycles. The monoisotopic (exact) mass is 140 g/mol. The number of hydrogen-bond donors (Lipinski definition) is 2. The number of hydrogen-bond acceptors (Lipinski definition) is 2. The smallest absolute Gasteiger partial charge is 0.0269 e. The van der Waals surface area contributed by atoms with Gasteiger partial charge >= 0.3 is 0 Å². The molecule has 0 atom stereocenters. The summed E-state index contributed by atoms with van der Waals surface area (Å²) in [6, 6.07) is 0. The lowest BCUT2D eigenvalue weighted by molar-refractivity contribution is 0.407. The van der Waals surface area contributed by atoms with E-state index in [1.807, 2.05) is 0 Å². The number of rotatable bonds is 0. The highest BCUT2D eigenvalue weighted by atomic mass is 15.0. The van der Waals surface area contributed by atoms with Crippen LogP contribution in [0.15, 0.2) is 12.3 Å². The maximum Gasteiger partial charge on any atom is 0.0269 e. The van der Waals surface area contributed by atoms with E-state index in [4.69, 9.17) is 0 Å². The van der Waals surface area contributed by atoms with Crippen LogP contribution in [-0.4, -0.2) is 18.6 Å². The van der Waals surface area contributed by atoms with E-state index in [0.717, 1.165) is 25.2 Å². The largest absolute Gasteiger partial charge is 0.387 e. The summed E-state index contributed by atoms with van der Waals surface area (Å²) < 4.78 is 0. The molecular weight excluding hydrogens is 124 g/mol. The molecule has 10 heavy (non-hydrogen) atoms. The third kappa shape index (κ3) is 2.03. The second kappa shape index (κ2) is 2.62. The molecule has 0 amide bonds. The topological polar surface area (TPSA) is 24.1 Å². The molecule has 2 N–H and O–H groups in total. The van der Waals surface area contributed by atoms with Gasteiger partial charge in [-0.25, -0.2) is 0 Å². The summed E-state index contributed by atoms with van der Waals surface area (Å²) in [6.07, 6.45) is 1.02. The maximum absolute atomic E-state index is 3.92. The first-order valence-corrected chi connectivity index (χ1v) is 3.77. The van der Waals surface area contributed by atoms with Gasteiger partial charge in [0.1, 0.15) is 0 Å². The highest BCUT2D eigenvalue weighted by molar-refractivity contribution is 5.01. The Kier molecular flexibility index (Phi) is 2.00. The standard InChI is InChI=1S/C8H16N2/c1-7-6-8(2,3)10-5-4-9-7/h9-10H,1,4-6H2,2-3H3. The summed E-state index contributed by atoms with van der Waals surface area (Å²) in [5.74, 6) is 0. The van der Waals surface area contributed by atoms with Gasteiger partial charge < -0.3 is 10.6 Å². The molecule has 1 heterocycles. The van der Waals surface area contributed by atoms with E-state index in [1.165, 1.54) is 0 Å². The average Bonchev–Trinajstić information content (AvgIpc) is 1.90. The van der Waals surface area contributed by atoms with E-state index in [0.29, 0.717) is 0 Å². The van der Waals surface area contributed by atoms with Crippen LogP contribution in [0.5, 0.6) is 0 Å². The molecule has 0 aromatic carbocycles. The summed E-state index contributed by atoms with van der Waals surface area (Å²) in [7, 11) is 0. The predicted octanol–water partition coefficient (Wildman–Crippen LogP) is 0.862. The molecule has 0 unspecified atom stereocenters. The normalized spacial score (nSPS) is 25.2. The van der Waals surface area contributed by atoms with Gasteiger partial charge in [-0.3, -0.25) is 0 Å². The zero-order chi connectivity index (χ0) is 7.61. The zero-order valence-electron chi connectivity index (χ0n) is 6.83. The van der Waals surface area contributed by atoms with E-state index in [9.17, 15) is 0 Å². The van der Waals surface area contributed by atoms with Gasteiger partial charge in [0.25, 0.3) is 0 Å². The molecule has 58 valence electrons. The fraction of sp³-hybridized carbons (Fsp3) is 0.750. The molecule has 0 aliphatic carbocycles. The highest BCUT2D eigenvalue weighted by Gasteiger charge is 2.19. The molecule has 0 saturated carbocycles. The summed E-state index contributed by atoms with van der Waals surface area (Å²) in [5, 5.41) is 6.67. The van der Waals surface area contributed by atoms with Crippen molar-refractivity contribution in [3.8, 4) is 0 Å². The second-order valence-corrected chi connectivity index (χ2v) is 3.52. The highest BCUT2D eigenvalue weighted by Crippen LogP contribution is 2.13. The Bertz CT molecular complexity index is 138. The van der Waals surface area contributed by atoms with Crippen molar-refractivity contribution in [1.29, 1.82) is 0 Å². The lowest BCUT2D eigenvalue weighted by Gasteiger charge is -2.23. The molecule has 2 heteroatoms. The van der Waals surface area contributed by atoms with Crippen LogP contribution >= 0.6 is 0 Å². The average molecular weight is 140 g/mol. The summed E-state index contributed by atoms with van der Waals surface area (Å²) in [5.41, 5.74) is 1.37. The minimum atomic E-state index is 0.223. The Morgan fingerprint density at radius 1 is 1.40 bits per heavy atom. The van der Waals surface area contributed by atoms with Crippen molar-refractivity contribution in [2.24, 2.45) is 0 Å². The molecular formula is C8H16N2. The molecule has 0 spiro atoms. The molecule has 1 fully saturated rings. The predicted molar refractivity (Wildman–Crippen MR) is 43.8 cm³/mol. The maximum atomic E-state index is 3.92. The molecule has 0 aromatic rings. The van der Waals surface area contributed by atoms with Crippen molar-refractivity contribution in [2.75, 3.05) is 13.1 Å². The van der Waals surface area contributed by atoms with Crippen molar-refractivity contribution in [3.63, 3.8) is 0 Å². The van der Waals surface area contributed by atoms with Crippen LogP contribution in [0, 0.1) is 0 Å². The Morgan fingerprint density at radius 2 is 2.10 bits per heavy atom. The Morgan fingerprint density at radius 3 is 2.80 bits per heavy atom. The summed E-state index contributed by atoms with van der Waals surface area (Å²) in [6.45, 7) is 10.4. The second-order valence-electron chi connectivity index (χ2n) is 3.52. The zero-order valence-corrected chi connectivity index (χ0v) is 6.83. The van der Waals surface area contributed by atoms with Gasteiger partial charge in [-0.05, 0) is 13.8 Å². The van der Waals surface area contributed by atoms with Gasteiger partial charge in [-0.2, -0.15) is 0 Å². The number of nitrogens with one attached hydrogen (secondary N) is 2. The summed E-state index contributed by atoms with van der Waals surface area (Å²) >= 11 is 0. The first-order chi connectivity index (χ1) is 4.60. The van der Waals surface area contributed by atoms with Gasteiger partial charge in [0.05, 0.1) is 0 Å². The minimum absolute atomic E-state index is 0.223. The third-order valence-corrected chi connectivity index (χ3v) is 1.76. The van der Waals surface area contributed by atoms with Crippen molar-refractivity contribution in [1.82, 2.24) is 10.6 Å². The van der Waals surface area contributed by atoms with Crippen LogP contribution in [0.3, 0.4) is 0 Å². The van der Waals surface area contributed by atoms with Crippen molar-refractivity contribution in [2.45, 2.75) is 25.8 Å². The molecule has 0 aromatic heterocycles. The Balaban J connectivity index is 2.54. The van der Waals surface area contributed by atoms with Crippen LogP contribution < -0.4 is 10.6 Å². The molecule has 1 rings (SSSR count). The van der Waals surface area contributed by atoms with Gasteiger partial charge in [0, 0.05) is 30.7 Å². The minimum Gasteiger partial charge on any atom is -0.387 e. The SMILES string of the molecule is C=C1CC(C)(C)NCCN1. The lowest BCUT2D eigenvalue weighted by Crippen LogP contribution is -2.38. The van der Waals surface area contributed by atoms with Crippen LogP contribution in [0.25, 0.3) is 0 Å². The van der Waals surface area contributed by atoms with E-state index >= 15 is 0 Å². The van der Waals surface area contributed by atoms with Gasteiger partial charge in [0.2, 0.25) is 0 Å². The quantitative estimate of drug-likeness (QED) is 0.521. The molecule has 2 nitrogen and oxygen atoms in total. The van der Waals surface area contributed by atoms with Gasteiger partial charge in [0.15, 0.2) is 0 Å². The van der Waals surface area contributed by atoms with Crippen LogP contribution in [-0.2, 0) is 0 Å². The van der Waals surface area contributed by atoms with Gasteiger partial charge in [-0.1, -0.05) is 6.58 Å². The van der Waals surface area contributed by atoms with Crippen LogP contribution in [0.4, 0.5) is 0 Å². The van der Waals surface area contributed by atoms with E-state index in [-0.39, 0.29) is 5.54 Å². The van der Waals surface area contributed by atoms with E-state index < -0.39 is 0 Å². The summed E-state index contributed by atoms with van der Waals surface area (Å²) in [4.78, 5) is 0. The van der Waals surface area contributed by atoms with E-state index in [1.54, 1.807) is 0 Å². The van der Waals surface area contributed by atoms with Crippen molar-refractivity contribution in [3.05, 3.63) is 12.3 Å². The van der Waals surface area contributed by atoms with Crippen molar-refractivity contribution >= 4 is 0 Å². The van der Waals surface area contributed by atoms with Gasteiger partial charge in [-0.15, -0.1) is 0 Å². The molecule has 1 saturated heterocycles. The molecule has 0 bridgehead atoms. The van der Waals surface area contributed by atoms with E-state index in [2.05, 4.69) is 31.1 Å². The van der Waals surface area contributed by atoms with Crippen molar-refractivity contribution < 1.29 is 0 Å².